The maximum absolute atomic E-state index is 12.0. The fourth-order valence-corrected chi connectivity index (χ4v) is 3.76. The lowest BCUT2D eigenvalue weighted by atomic mass is 9.84. The van der Waals surface area contributed by atoms with E-state index in [0.29, 0.717) is 25.1 Å². The van der Waals surface area contributed by atoms with Gasteiger partial charge in [0.1, 0.15) is 25.4 Å². The topological polar surface area (TPSA) is 77.6 Å². The molecule has 0 spiro atoms. The first kappa shape index (κ1) is 19.9. The average molecular weight is 379 g/mol. The highest BCUT2D eigenvalue weighted by molar-refractivity contribution is 5.91. The van der Waals surface area contributed by atoms with Crippen molar-refractivity contribution in [2.24, 2.45) is 5.92 Å². The Morgan fingerprint density at radius 2 is 2.19 bits per heavy atom. The van der Waals surface area contributed by atoms with E-state index >= 15 is 0 Å². The third-order valence-corrected chi connectivity index (χ3v) is 5.57. The summed E-state index contributed by atoms with van der Waals surface area (Å²) in [5, 5.41) is 0. The molecule has 2 saturated heterocycles. The minimum Gasteiger partial charge on any atom is -0.455 e. The summed E-state index contributed by atoms with van der Waals surface area (Å²) < 4.78 is 21.7. The molecule has 0 aromatic rings. The van der Waals surface area contributed by atoms with Crippen LogP contribution in [0.25, 0.3) is 0 Å². The van der Waals surface area contributed by atoms with Gasteiger partial charge in [0.15, 0.2) is 0 Å². The molecule has 0 N–H and O–H groups in total. The van der Waals surface area contributed by atoms with E-state index in [1.807, 2.05) is 19.0 Å². The summed E-state index contributed by atoms with van der Waals surface area (Å²) in [7, 11) is 3.82. The lowest BCUT2D eigenvalue weighted by molar-refractivity contribution is -0.140. The molecule has 0 aromatic heterocycles. The van der Waals surface area contributed by atoms with Gasteiger partial charge in [-0.2, -0.15) is 0 Å². The number of nitrogens with zero attached hydrogens (tertiary/aromatic N) is 1. The fraction of sp³-hybridized carbons (Fsp3) is 0.700. The zero-order chi connectivity index (χ0) is 19.6. The van der Waals surface area contributed by atoms with Crippen LogP contribution in [0.1, 0.15) is 32.6 Å². The summed E-state index contributed by atoms with van der Waals surface area (Å²) in [4.78, 5) is 25.6. The highest BCUT2D eigenvalue weighted by Gasteiger charge is 2.61. The number of carbonyl (C=O) groups excluding carboxylic acids is 2. The third-order valence-electron chi connectivity index (χ3n) is 5.57. The van der Waals surface area contributed by atoms with Gasteiger partial charge < -0.3 is 23.8 Å². The van der Waals surface area contributed by atoms with E-state index in [0.717, 1.165) is 24.8 Å². The Balaban J connectivity index is 1.57. The lowest BCUT2D eigenvalue weighted by Crippen LogP contribution is -2.29. The average Bonchev–Trinajstić information content (AvgIpc) is 3.19. The van der Waals surface area contributed by atoms with Crippen LogP contribution >= 0.6 is 0 Å². The molecular weight excluding hydrogens is 350 g/mol. The van der Waals surface area contributed by atoms with Gasteiger partial charge in [0.05, 0.1) is 5.60 Å². The molecule has 2 aliphatic heterocycles. The van der Waals surface area contributed by atoms with E-state index in [2.05, 4.69) is 19.6 Å². The molecule has 4 atom stereocenters. The maximum atomic E-state index is 12.0. The van der Waals surface area contributed by atoms with Gasteiger partial charge in [0.25, 0.3) is 0 Å². The van der Waals surface area contributed by atoms with Gasteiger partial charge >= 0.3 is 12.1 Å². The van der Waals surface area contributed by atoms with Crippen molar-refractivity contribution in [3.05, 3.63) is 23.8 Å². The number of likely N-dealkylation sites (N-methyl/N-ethyl adjacent to an activating group) is 1. The van der Waals surface area contributed by atoms with Gasteiger partial charge in [0, 0.05) is 18.0 Å². The number of hydrogen-bond donors (Lipinski definition) is 0. The Kier molecular flexibility index (Phi) is 5.91. The molecule has 1 aliphatic carbocycles. The second kappa shape index (κ2) is 8.02. The van der Waals surface area contributed by atoms with Crippen LogP contribution in [-0.4, -0.2) is 68.7 Å². The molecule has 150 valence electrons. The minimum atomic E-state index is -0.658. The van der Waals surface area contributed by atoms with Crippen molar-refractivity contribution in [1.82, 2.24) is 4.90 Å². The third kappa shape index (κ3) is 4.71. The van der Waals surface area contributed by atoms with Gasteiger partial charge in [0.2, 0.25) is 0 Å². The summed E-state index contributed by atoms with van der Waals surface area (Å²) in [6.07, 6.45) is 4.23. The predicted octanol–water partition coefficient (Wildman–Crippen LogP) is 2.46. The molecule has 0 radical (unpaired) electrons. The molecule has 2 heterocycles. The molecule has 3 rings (SSSR count). The number of hydrogen-bond acceptors (Lipinski definition) is 7. The van der Waals surface area contributed by atoms with Crippen molar-refractivity contribution in [1.29, 1.82) is 0 Å². The van der Waals surface area contributed by atoms with Crippen LogP contribution in [0.15, 0.2) is 23.8 Å². The lowest BCUT2D eigenvalue weighted by Gasteiger charge is -2.20. The first-order valence-corrected chi connectivity index (χ1v) is 9.50. The zero-order valence-corrected chi connectivity index (χ0v) is 16.4. The number of carbonyl (C=O) groups is 2. The number of epoxide rings is 1. The van der Waals surface area contributed by atoms with Crippen molar-refractivity contribution < 1.29 is 28.5 Å². The van der Waals surface area contributed by atoms with E-state index < -0.39 is 6.16 Å². The van der Waals surface area contributed by atoms with Gasteiger partial charge in [-0.25, -0.2) is 9.59 Å². The summed E-state index contributed by atoms with van der Waals surface area (Å²) in [5.74, 6) is -0.383. The van der Waals surface area contributed by atoms with Crippen molar-refractivity contribution in [2.75, 3.05) is 33.9 Å². The van der Waals surface area contributed by atoms with E-state index in [1.54, 1.807) is 0 Å². The molecule has 0 unspecified atom stereocenters. The van der Waals surface area contributed by atoms with Crippen LogP contribution in [0.5, 0.6) is 0 Å². The Labute approximate surface area is 160 Å². The molecule has 2 fully saturated rings. The molecule has 0 saturated carbocycles. The number of allylic oxidation sites excluding steroid dienone is 1. The molecule has 0 aromatic carbocycles. The van der Waals surface area contributed by atoms with E-state index in [1.165, 1.54) is 0 Å². The van der Waals surface area contributed by atoms with E-state index in [4.69, 9.17) is 18.9 Å². The monoisotopic (exact) mass is 379 g/mol. The smallest absolute Gasteiger partial charge is 0.455 e. The first-order chi connectivity index (χ1) is 12.8. The van der Waals surface area contributed by atoms with Crippen LogP contribution in [0.2, 0.25) is 0 Å². The summed E-state index contributed by atoms with van der Waals surface area (Å²) >= 11 is 0. The molecular formula is C20H29NO6. The van der Waals surface area contributed by atoms with Crippen molar-refractivity contribution in [2.45, 2.75) is 50.4 Å². The minimum absolute atomic E-state index is 0.0522. The fourth-order valence-electron chi connectivity index (χ4n) is 3.76. The Morgan fingerprint density at radius 3 is 2.93 bits per heavy atom. The molecule has 0 amide bonds. The number of rotatable bonds is 5. The van der Waals surface area contributed by atoms with Crippen LogP contribution in [0.4, 0.5) is 4.79 Å². The normalized spacial score (nSPS) is 32.9. The zero-order valence-electron chi connectivity index (χ0n) is 16.4. The van der Waals surface area contributed by atoms with Gasteiger partial charge in [-0.1, -0.05) is 12.7 Å². The SMILES string of the molecule is C=C1C(=O)O[C@H]2[C@H]1CCC(COC(=O)OCCN(C)C)=CCC[C@@]1(C)O[C@@H]21. The Hall–Kier alpha value is -1.86. The summed E-state index contributed by atoms with van der Waals surface area (Å²) in [5.41, 5.74) is 1.27. The van der Waals surface area contributed by atoms with E-state index in [-0.39, 0.29) is 36.3 Å². The van der Waals surface area contributed by atoms with Crippen LogP contribution in [0.3, 0.4) is 0 Å². The van der Waals surface area contributed by atoms with Crippen molar-refractivity contribution in [3.63, 3.8) is 0 Å². The van der Waals surface area contributed by atoms with Crippen LogP contribution in [-0.2, 0) is 23.7 Å². The van der Waals surface area contributed by atoms with Gasteiger partial charge in [-0.3, -0.25) is 0 Å². The number of esters is 1. The summed E-state index contributed by atoms with van der Waals surface area (Å²) in [6, 6.07) is 0. The van der Waals surface area contributed by atoms with Crippen LogP contribution in [0, 0.1) is 5.92 Å². The van der Waals surface area contributed by atoms with Crippen molar-refractivity contribution >= 4 is 12.1 Å². The first-order valence-electron chi connectivity index (χ1n) is 9.50. The van der Waals surface area contributed by atoms with Crippen LogP contribution < -0.4 is 0 Å². The number of ether oxygens (including phenoxy) is 4. The standard InChI is InChI=1S/C20H29NO6/c1-13-15-8-7-14(12-25-19(23)24-11-10-21(3)4)6-5-9-20(2)17(27-20)16(15)26-18(13)22/h6,15-17H,1,5,7-12H2,2-4H3/t15-,16-,17-,20+/m0/s1. The highest BCUT2D eigenvalue weighted by atomic mass is 16.7. The number of fused-ring (bicyclic) bond motifs is 3. The van der Waals surface area contributed by atoms with E-state index in [9.17, 15) is 9.59 Å². The molecule has 3 aliphatic rings. The second-order valence-corrected chi connectivity index (χ2v) is 7.98. The second-order valence-electron chi connectivity index (χ2n) is 7.98. The molecule has 7 nitrogen and oxygen atoms in total. The predicted molar refractivity (Wildman–Crippen MR) is 98.2 cm³/mol. The molecule has 0 bridgehead atoms. The van der Waals surface area contributed by atoms with Crippen molar-refractivity contribution in [3.8, 4) is 0 Å². The highest BCUT2D eigenvalue weighted by Crippen LogP contribution is 2.49. The largest absolute Gasteiger partial charge is 0.508 e. The Bertz CT molecular complexity index is 642. The quantitative estimate of drug-likeness (QED) is 0.314. The molecule has 7 heteroatoms. The van der Waals surface area contributed by atoms with Gasteiger partial charge in [-0.15, -0.1) is 0 Å². The van der Waals surface area contributed by atoms with Gasteiger partial charge in [-0.05, 0) is 52.3 Å². The maximum Gasteiger partial charge on any atom is 0.508 e. The Morgan fingerprint density at radius 1 is 1.41 bits per heavy atom. The summed E-state index contributed by atoms with van der Waals surface area (Å²) in [6.45, 7) is 7.10. The molecule has 27 heavy (non-hydrogen) atoms.